The summed E-state index contributed by atoms with van der Waals surface area (Å²) in [5.41, 5.74) is -0.537. The van der Waals surface area contributed by atoms with Crippen molar-refractivity contribution < 1.29 is 9.47 Å². The van der Waals surface area contributed by atoms with Crippen LogP contribution in [0.4, 0.5) is 0 Å². The normalized spacial score (nSPS) is 15.3. The highest BCUT2D eigenvalue weighted by molar-refractivity contribution is 5.81. The molecule has 0 saturated heterocycles. The van der Waals surface area contributed by atoms with E-state index < -0.39 is 5.60 Å². The molecule has 3 heteroatoms. The highest BCUT2D eigenvalue weighted by atomic mass is 16.5. The Kier molecular flexibility index (Phi) is 4.90. The van der Waals surface area contributed by atoms with Gasteiger partial charge in [0.2, 0.25) is 5.90 Å². The molecule has 0 radical (unpaired) electrons. The molecule has 3 nitrogen and oxygen atoms in total. The summed E-state index contributed by atoms with van der Waals surface area (Å²) >= 11 is 0. The standard InChI is InChI=1S/C9H19NO2/c1-5-9(4,12-7-3)8(10)11-6-2/h10H,5-7H2,1-4H3. The molecule has 1 unspecified atom stereocenters. The van der Waals surface area contributed by atoms with E-state index in [1.165, 1.54) is 0 Å². The minimum absolute atomic E-state index is 0.231. The first kappa shape index (κ1) is 11.4. The van der Waals surface area contributed by atoms with Crippen molar-refractivity contribution in [3.8, 4) is 0 Å². The van der Waals surface area contributed by atoms with Crippen LogP contribution in [0.3, 0.4) is 0 Å². The first-order valence-corrected chi connectivity index (χ1v) is 4.46. The Balaban J connectivity index is 4.18. The van der Waals surface area contributed by atoms with E-state index in [-0.39, 0.29) is 5.90 Å². The molecule has 72 valence electrons. The maximum absolute atomic E-state index is 7.60. The van der Waals surface area contributed by atoms with Crippen molar-refractivity contribution in [2.75, 3.05) is 13.2 Å². The molecule has 0 aliphatic carbocycles. The van der Waals surface area contributed by atoms with Gasteiger partial charge in [0, 0.05) is 6.61 Å². The minimum atomic E-state index is -0.537. The van der Waals surface area contributed by atoms with Crippen LogP contribution in [0.15, 0.2) is 0 Å². The van der Waals surface area contributed by atoms with E-state index in [2.05, 4.69) is 0 Å². The largest absolute Gasteiger partial charge is 0.479 e. The van der Waals surface area contributed by atoms with E-state index in [0.29, 0.717) is 13.2 Å². The van der Waals surface area contributed by atoms with Gasteiger partial charge in [-0.2, -0.15) is 0 Å². The molecule has 0 aliphatic heterocycles. The van der Waals surface area contributed by atoms with Crippen molar-refractivity contribution in [1.29, 1.82) is 5.41 Å². The first-order chi connectivity index (χ1) is 5.60. The highest BCUT2D eigenvalue weighted by Crippen LogP contribution is 2.17. The topological polar surface area (TPSA) is 42.3 Å². The quantitative estimate of drug-likeness (QED) is 0.511. The van der Waals surface area contributed by atoms with E-state index in [1.807, 2.05) is 27.7 Å². The predicted molar refractivity (Wildman–Crippen MR) is 49.7 cm³/mol. The summed E-state index contributed by atoms with van der Waals surface area (Å²) in [6, 6.07) is 0. The van der Waals surface area contributed by atoms with E-state index in [9.17, 15) is 0 Å². The Labute approximate surface area is 74.6 Å². The zero-order valence-corrected chi connectivity index (χ0v) is 8.44. The average Bonchev–Trinajstić information content (AvgIpc) is 2.05. The summed E-state index contributed by atoms with van der Waals surface area (Å²) in [5, 5.41) is 7.60. The molecule has 1 atom stereocenters. The van der Waals surface area contributed by atoms with Gasteiger partial charge in [-0.1, -0.05) is 6.92 Å². The van der Waals surface area contributed by atoms with E-state index >= 15 is 0 Å². The van der Waals surface area contributed by atoms with Gasteiger partial charge in [-0.05, 0) is 27.2 Å². The summed E-state index contributed by atoms with van der Waals surface area (Å²) in [7, 11) is 0. The van der Waals surface area contributed by atoms with Crippen molar-refractivity contribution in [1.82, 2.24) is 0 Å². The number of hydrogen-bond acceptors (Lipinski definition) is 3. The summed E-state index contributed by atoms with van der Waals surface area (Å²) in [5.74, 6) is 0.231. The van der Waals surface area contributed by atoms with Crippen LogP contribution < -0.4 is 0 Å². The zero-order valence-electron chi connectivity index (χ0n) is 8.44. The van der Waals surface area contributed by atoms with Gasteiger partial charge in [0.15, 0.2) is 0 Å². The van der Waals surface area contributed by atoms with Crippen molar-refractivity contribution in [3.05, 3.63) is 0 Å². The Hall–Kier alpha value is -0.570. The lowest BCUT2D eigenvalue weighted by molar-refractivity contribution is 0.00729. The van der Waals surface area contributed by atoms with Crippen molar-refractivity contribution in [2.45, 2.75) is 39.7 Å². The second-order valence-electron chi connectivity index (χ2n) is 2.78. The third-order valence-corrected chi connectivity index (χ3v) is 1.91. The molecule has 0 bridgehead atoms. The van der Waals surface area contributed by atoms with Crippen LogP contribution in [0.1, 0.15) is 34.1 Å². The molecule has 1 N–H and O–H groups in total. The summed E-state index contributed by atoms with van der Waals surface area (Å²) in [6.45, 7) is 8.81. The fourth-order valence-electron chi connectivity index (χ4n) is 0.944. The maximum atomic E-state index is 7.60. The number of hydrogen-bond donors (Lipinski definition) is 1. The average molecular weight is 173 g/mol. The summed E-state index contributed by atoms with van der Waals surface area (Å²) in [4.78, 5) is 0. The molecular formula is C9H19NO2. The Morgan fingerprint density at radius 1 is 1.25 bits per heavy atom. The lowest BCUT2D eigenvalue weighted by Gasteiger charge is -2.27. The molecule has 0 aromatic heterocycles. The van der Waals surface area contributed by atoms with Crippen LogP contribution in [-0.2, 0) is 9.47 Å². The van der Waals surface area contributed by atoms with E-state index in [1.54, 1.807) is 0 Å². The van der Waals surface area contributed by atoms with Gasteiger partial charge >= 0.3 is 0 Å². The fourth-order valence-corrected chi connectivity index (χ4v) is 0.944. The van der Waals surface area contributed by atoms with Crippen LogP contribution in [-0.4, -0.2) is 24.7 Å². The molecule has 0 aromatic rings. The molecule has 0 aromatic carbocycles. The van der Waals surface area contributed by atoms with Crippen molar-refractivity contribution in [2.24, 2.45) is 0 Å². The fraction of sp³-hybridized carbons (Fsp3) is 0.889. The predicted octanol–water partition coefficient (Wildman–Crippen LogP) is 2.21. The van der Waals surface area contributed by atoms with Crippen LogP contribution in [0.2, 0.25) is 0 Å². The molecule has 0 fully saturated rings. The van der Waals surface area contributed by atoms with Gasteiger partial charge in [-0.25, -0.2) is 0 Å². The van der Waals surface area contributed by atoms with Gasteiger partial charge in [0.25, 0.3) is 0 Å². The van der Waals surface area contributed by atoms with Crippen molar-refractivity contribution >= 4 is 5.90 Å². The molecule has 12 heavy (non-hydrogen) atoms. The smallest absolute Gasteiger partial charge is 0.213 e. The number of rotatable bonds is 5. The van der Waals surface area contributed by atoms with E-state index in [0.717, 1.165) is 6.42 Å². The Bertz CT molecular complexity index is 147. The second kappa shape index (κ2) is 5.14. The third-order valence-electron chi connectivity index (χ3n) is 1.91. The lowest BCUT2D eigenvalue weighted by atomic mass is 10.0. The molecular weight excluding hydrogens is 154 g/mol. The van der Waals surface area contributed by atoms with Gasteiger partial charge in [0.05, 0.1) is 6.61 Å². The molecule has 0 rings (SSSR count). The van der Waals surface area contributed by atoms with Crippen LogP contribution in [0.25, 0.3) is 0 Å². The highest BCUT2D eigenvalue weighted by Gasteiger charge is 2.29. The molecule has 0 aliphatic rings. The first-order valence-electron chi connectivity index (χ1n) is 4.46. The zero-order chi connectivity index (χ0) is 9.61. The van der Waals surface area contributed by atoms with Gasteiger partial charge in [-0.3, -0.25) is 5.41 Å². The lowest BCUT2D eigenvalue weighted by Crippen LogP contribution is -2.38. The molecule has 0 spiro atoms. The molecule has 0 heterocycles. The van der Waals surface area contributed by atoms with Gasteiger partial charge in [-0.15, -0.1) is 0 Å². The SMILES string of the molecule is CCOC(=N)C(C)(CC)OCC. The Morgan fingerprint density at radius 2 is 1.83 bits per heavy atom. The molecule has 0 saturated carbocycles. The third kappa shape index (κ3) is 2.81. The van der Waals surface area contributed by atoms with Crippen LogP contribution in [0.5, 0.6) is 0 Å². The minimum Gasteiger partial charge on any atom is -0.479 e. The summed E-state index contributed by atoms with van der Waals surface area (Å²) < 4.78 is 10.6. The Morgan fingerprint density at radius 3 is 2.17 bits per heavy atom. The van der Waals surface area contributed by atoms with Crippen molar-refractivity contribution in [3.63, 3.8) is 0 Å². The van der Waals surface area contributed by atoms with Gasteiger partial charge < -0.3 is 9.47 Å². The number of nitrogens with one attached hydrogen (secondary N) is 1. The second-order valence-corrected chi connectivity index (χ2v) is 2.78. The molecule has 0 amide bonds. The van der Waals surface area contributed by atoms with Crippen LogP contribution >= 0.6 is 0 Å². The van der Waals surface area contributed by atoms with Crippen LogP contribution in [0, 0.1) is 5.41 Å². The van der Waals surface area contributed by atoms with E-state index in [4.69, 9.17) is 14.9 Å². The van der Waals surface area contributed by atoms with Gasteiger partial charge in [0.1, 0.15) is 5.60 Å². The number of ether oxygens (including phenoxy) is 2. The monoisotopic (exact) mass is 173 g/mol. The summed E-state index contributed by atoms with van der Waals surface area (Å²) in [6.07, 6.45) is 0.764. The maximum Gasteiger partial charge on any atom is 0.213 e.